The van der Waals surface area contributed by atoms with E-state index in [9.17, 15) is 8.78 Å². The number of nitrogens with zero attached hydrogens (tertiary/aromatic N) is 4. The maximum absolute atomic E-state index is 12.3. The van der Waals surface area contributed by atoms with Crippen molar-refractivity contribution in [2.45, 2.75) is 19.7 Å². The van der Waals surface area contributed by atoms with Crippen molar-refractivity contribution >= 4 is 29.1 Å². The molecule has 2 heterocycles. The fourth-order valence-corrected chi connectivity index (χ4v) is 2.51. The zero-order chi connectivity index (χ0) is 19.9. The van der Waals surface area contributed by atoms with Crippen molar-refractivity contribution in [1.82, 2.24) is 19.7 Å². The monoisotopic (exact) mass is 410 g/mol. The summed E-state index contributed by atoms with van der Waals surface area (Å²) in [5.74, 6) is 0.748. The predicted molar refractivity (Wildman–Crippen MR) is 100 cm³/mol. The average molecular weight is 411 g/mol. The number of ether oxygens (including phenoxy) is 1. The summed E-state index contributed by atoms with van der Waals surface area (Å²) in [7, 11) is 0. The van der Waals surface area contributed by atoms with E-state index in [4.69, 9.17) is 16.7 Å². The smallest absolute Gasteiger partial charge is 0.387 e. The van der Waals surface area contributed by atoms with E-state index in [0.717, 1.165) is 0 Å². The summed E-state index contributed by atoms with van der Waals surface area (Å²) >= 11 is 6.13. The summed E-state index contributed by atoms with van der Waals surface area (Å²) in [6, 6.07) is 6.33. The molecule has 0 bridgehead atoms. The Balaban J connectivity index is 1.66. The van der Waals surface area contributed by atoms with E-state index in [1.807, 2.05) is 0 Å². The maximum Gasteiger partial charge on any atom is 0.387 e. The number of aliphatic hydroxyl groups excluding tert-OH is 1. The van der Waals surface area contributed by atoms with Crippen LogP contribution in [-0.2, 0) is 13.1 Å². The Morgan fingerprint density at radius 1 is 1.29 bits per heavy atom. The van der Waals surface area contributed by atoms with Gasteiger partial charge in [0.25, 0.3) is 0 Å². The Hall–Kier alpha value is -2.98. The summed E-state index contributed by atoms with van der Waals surface area (Å²) < 4.78 is 30.6. The number of aliphatic hydroxyl groups is 1. The first-order chi connectivity index (χ1) is 13.5. The molecule has 3 N–H and O–H groups in total. The summed E-state index contributed by atoms with van der Waals surface area (Å²) in [5.41, 5.74) is 1.37. The highest BCUT2D eigenvalue weighted by molar-refractivity contribution is 6.32. The second-order valence-electron chi connectivity index (χ2n) is 5.61. The van der Waals surface area contributed by atoms with Gasteiger partial charge < -0.3 is 20.5 Å². The van der Waals surface area contributed by atoms with E-state index in [2.05, 4.69) is 30.4 Å². The lowest BCUT2D eigenvalue weighted by atomic mass is 10.2. The molecule has 0 radical (unpaired) electrons. The van der Waals surface area contributed by atoms with Crippen LogP contribution in [0.4, 0.5) is 26.2 Å². The van der Waals surface area contributed by atoms with Gasteiger partial charge in [-0.15, -0.1) is 0 Å². The van der Waals surface area contributed by atoms with Gasteiger partial charge in [-0.25, -0.2) is 4.98 Å². The second-order valence-corrected chi connectivity index (χ2v) is 6.02. The number of nitrogens with one attached hydrogen (secondary N) is 2. The lowest BCUT2D eigenvalue weighted by Crippen LogP contribution is -2.06. The lowest BCUT2D eigenvalue weighted by molar-refractivity contribution is -0.0498. The van der Waals surface area contributed by atoms with Crippen molar-refractivity contribution in [1.29, 1.82) is 0 Å². The molecule has 3 rings (SSSR count). The van der Waals surface area contributed by atoms with Crippen molar-refractivity contribution in [2.75, 3.05) is 17.2 Å². The van der Waals surface area contributed by atoms with Gasteiger partial charge in [0, 0.05) is 12.7 Å². The first-order valence-electron chi connectivity index (χ1n) is 8.24. The Morgan fingerprint density at radius 2 is 2.14 bits per heavy atom. The van der Waals surface area contributed by atoms with Crippen LogP contribution in [0.2, 0.25) is 5.02 Å². The number of halogens is 3. The van der Waals surface area contributed by atoms with Crippen LogP contribution in [0.1, 0.15) is 5.56 Å². The zero-order valence-corrected chi connectivity index (χ0v) is 15.3. The third kappa shape index (κ3) is 5.51. The summed E-state index contributed by atoms with van der Waals surface area (Å²) in [4.78, 5) is 8.41. The number of anilines is 3. The third-order valence-corrected chi connectivity index (χ3v) is 3.82. The fourth-order valence-electron chi connectivity index (χ4n) is 2.35. The number of alkyl halides is 2. The van der Waals surface area contributed by atoms with Gasteiger partial charge >= 0.3 is 6.61 Å². The van der Waals surface area contributed by atoms with E-state index >= 15 is 0 Å². The van der Waals surface area contributed by atoms with Crippen LogP contribution in [-0.4, -0.2) is 38.1 Å². The molecule has 8 nitrogen and oxygen atoms in total. The minimum Gasteiger partial charge on any atom is -0.435 e. The van der Waals surface area contributed by atoms with E-state index < -0.39 is 6.61 Å². The number of hydrogen-bond donors (Lipinski definition) is 3. The van der Waals surface area contributed by atoms with E-state index in [-0.39, 0.29) is 12.4 Å². The molecule has 0 fully saturated rings. The highest BCUT2D eigenvalue weighted by Gasteiger charge is 2.08. The molecule has 0 aliphatic heterocycles. The third-order valence-electron chi connectivity index (χ3n) is 3.55. The second kappa shape index (κ2) is 9.29. The van der Waals surface area contributed by atoms with Crippen LogP contribution in [0.5, 0.6) is 5.75 Å². The highest BCUT2D eigenvalue weighted by Crippen LogP contribution is 2.23. The molecular formula is C17H17ClF2N6O2. The summed E-state index contributed by atoms with van der Waals surface area (Å²) in [5, 5.41) is 19.3. The number of aromatic nitrogens is 4. The largest absolute Gasteiger partial charge is 0.435 e. The highest BCUT2D eigenvalue weighted by atomic mass is 35.5. The van der Waals surface area contributed by atoms with Crippen LogP contribution < -0.4 is 15.4 Å². The van der Waals surface area contributed by atoms with E-state index in [1.165, 1.54) is 18.3 Å². The van der Waals surface area contributed by atoms with E-state index in [1.54, 1.807) is 29.2 Å². The van der Waals surface area contributed by atoms with Crippen LogP contribution in [0.25, 0.3) is 0 Å². The molecule has 11 heteroatoms. The molecule has 0 spiro atoms. The van der Waals surface area contributed by atoms with Crippen molar-refractivity contribution in [3.8, 4) is 5.75 Å². The van der Waals surface area contributed by atoms with Crippen LogP contribution >= 0.6 is 11.6 Å². The Morgan fingerprint density at radius 3 is 2.93 bits per heavy atom. The van der Waals surface area contributed by atoms with Crippen LogP contribution in [0.3, 0.4) is 0 Å². The van der Waals surface area contributed by atoms with Gasteiger partial charge in [0.05, 0.1) is 31.2 Å². The van der Waals surface area contributed by atoms with Crippen molar-refractivity contribution in [2.24, 2.45) is 0 Å². The van der Waals surface area contributed by atoms with Gasteiger partial charge in [-0.1, -0.05) is 23.7 Å². The molecule has 28 heavy (non-hydrogen) atoms. The maximum atomic E-state index is 12.3. The van der Waals surface area contributed by atoms with Gasteiger partial charge in [-0.3, -0.25) is 4.68 Å². The lowest BCUT2D eigenvalue weighted by Gasteiger charge is -2.10. The quantitative estimate of drug-likeness (QED) is 0.498. The van der Waals surface area contributed by atoms with Gasteiger partial charge in [0.1, 0.15) is 10.8 Å². The molecule has 148 valence electrons. The molecule has 0 saturated carbocycles. The minimum atomic E-state index is -2.88. The van der Waals surface area contributed by atoms with Crippen molar-refractivity contribution in [3.63, 3.8) is 0 Å². The van der Waals surface area contributed by atoms with Crippen LogP contribution in [0.15, 0.2) is 42.9 Å². The molecule has 0 saturated heterocycles. The normalized spacial score (nSPS) is 10.9. The molecule has 3 aromatic rings. The van der Waals surface area contributed by atoms with Crippen LogP contribution in [0, 0.1) is 0 Å². The first kappa shape index (κ1) is 19.8. The summed E-state index contributed by atoms with van der Waals surface area (Å²) in [6.45, 7) is -2.22. The minimum absolute atomic E-state index is 0.0177. The fraction of sp³-hybridized carbons (Fsp3) is 0.235. The number of benzene rings is 1. The Kier molecular flexibility index (Phi) is 6.56. The number of hydrogen-bond acceptors (Lipinski definition) is 7. The zero-order valence-electron chi connectivity index (χ0n) is 14.5. The molecule has 0 unspecified atom stereocenters. The summed E-state index contributed by atoms with van der Waals surface area (Å²) in [6.07, 6.45) is 4.72. The molecule has 0 amide bonds. The molecule has 0 aliphatic rings. The van der Waals surface area contributed by atoms with E-state index in [0.29, 0.717) is 41.1 Å². The predicted octanol–water partition coefficient (Wildman–Crippen LogP) is 3.28. The molecular weight excluding hydrogens is 394 g/mol. The Bertz CT molecular complexity index is 924. The number of rotatable bonds is 9. The first-order valence-corrected chi connectivity index (χ1v) is 8.62. The standard InChI is InChI=1S/C17H17ClF2N6O2/c18-14-9-22-17(24-12-8-23-26(10-12)4-5-27)25-15(14)21-7-11-2-1-3-13(6-11)28-16(19)20/h1-3,6,8-10,16,27H,4-5,7H2,(H2,21,22,24,25). The van der Waals surface area contributed by atoms with Gasteiger partial charge in [0.15, 0.2) is 5.82 Å². The topological polar surface area (TPSA) is 97.1 Å². The van der Waals surface area contributed by atoms with Crippen molar-refractivity contribution in [3.05, 3.63) is 53.4 Å². The average Bonchev–Trinajstić information content (AvgIpc) is 3.09. The SMILES string of the molecule is OCCn1cc(Nc2ncc(Cl)c(NCc3cccc(OC(F)F)c3)n2)cn1. The Labute approximate surface area is 164 Å². The van der Waals surface area contributed by atoms with Gasteiger partial charge in [0.2, 0.25) is 5.95 Å². The molecule has 2 aromatic heterocycles. The van der Waals surface area contributed by atoms with Crippen molar-refractivity contribution < 1.29 is 18.6 Å². The molecule has 0 atom stereocenters. The molecule has 0 aliphatic carbocycles. The molecule has 1 aromatic carbocycles. The van der Waals surface area contributed by atoms with Gasteiger partial charge in [-0.2, -0.15) is 18.9 Å². The van der Waals surface area contributed by atoms with Gasteiger partial charge in [-0.05, 0) is 17.7 Å².